The van der Waals surface area contributed by atoms with Gasteiger partial charge in [-0.2, -0.15) is 0 Å². The van der Waals surface area contributed by atoms with Gasteiger partial charge < -0.3 is 11.1 Å². The number of nitrogens with zero attached hydrogens (tertiary/aromatic N) is 1. The van der Waals surface area contributed by atoms with Crippen molar-refractivity contribution in [2.75, 3.05) is 17.6 Å². The summed E-state index contributed by atoms with van der Waals surface area (Å²) in [6.07, 6.45) is 2.30. The zero-order chi connectivity index (χ0) is 18.5. The number of carbonyl (C=O) groups is 1. The first-order valence-corrected chi connectivity index (χ1v) is 9.49. The molecule has 2 aromatic rings. The number of hydrogen-bond acceptors (Lipinski definition) is 3. The molecule has 0 radical (unpaired) electrons. The van der Waals surface area contributed by atoms with Crippen molar-refractivity contribution in [1.29, 1.82) is 0 Å². The van der Waals surface area contributed by atoms with Gasteiger partial charge in [-0.1, -0.05) is 44.2 Å². The second-order valence-corrected chi connectivity index (χ2v) is 7.58. The van der Waals surface area contributed by atoms with Crippen LogP contribution in [0.1, 0.15) is 43.4 Å². The molecule has 0 saturated carbocycles. The molecule has 28 heavy (non-hydrogen) atoms. The van der Waals surface area contributed by atoms with E-state index in [2.05, 4.69) is 30.1 Å². The minimum absolute atomic E-state index is 0. The van der Waals surface area contributed by atoms with E-state index in [9.17, 15) is 4.79 Å². The number of carbonyl (C=O) groups excluding carboxylic acids is 1. The summed E-state index contributed by atoms with van der Waals surface area (Å²) in [5.74, 6) is 0.755. The van der Waals surface area contributed by atoms with Gasteiger partial charge in [-0.3, -0.25) is 9.69 Å². The van der Waals surface area contributed by atoms with Crippen LogP contribution in [-0.2, 0) is 24.3 Å². The summed E-state index contributed by atoms with van der Waals surface area (Å²) in [6.45, 7) is 7.52. The molecular weight excluding hydrogens is 393 g/mol. The van der Waals surface area contributed by atoms with Gasteiger partial charge in [0.15, 0.2) is 0 Å². The lowest BCUT2D eigenvalue weighted by atomic mass is 10.1. The lowest BCUT2D eigenvalue weighted by Crippen LogP contribution is -2.19. The number of fused-ring (bicyclic) bond motifs is 1. The Morgan fingerprint density at radius 2 is 1.86 bits per heavy atom. The number of rotatable bonds is 7. The van der Waals surface area contributed by atoms with Crippen LogP contribution in [0.25, 0.3) is 0 Å². The van der Waals surface area contributed by atoms with Crippen LogP contribution in [0.5, 0.6) is 0 Å². The van der Waals surface area contributed by atoms with Gasteiger partial charge in [0, 0.05) is 30.9 Å². The summed E-state index contributed by atoms with van der Waals surface area (Å²) < 4.78 is 0. The Balaban J connectivity index is 0.00000196. The number of anilines is 2. The topological polar surface area (TPSA) is 58.4 Å². The molecule has 4 nitrogen and oxygen atoms in total. The highest BCUT2D eigenvalue weighted by molar-refractivity contribution is 5.92. The fourth-order valence-electron chi connectivity index (χ4n) is 3.43. The maximum absolute atomic E-state index is 12.4. The minimum Gasteiger partial charge on any atom is -0.399 e. The van der Waals surface area contributed by atoms with Gasteiger partial charge in [-0.25, -0.2) is 0 Å². The molecule has 0 fully saturated rings. The first-order chi connectivity index (χ1) is 12.5. The molecule has 0 bridgehead atoms. The number of benzene rings is 2. The number of amides is 1. The van der Waals surface area contributed by atoms with E-state index in [0.717, 1.165) is 36.6 Å². The largest absolute Gasteiger partial charge is 0.399 e. The molecule has 0 saturated heterocycles. The third kappa shape index (κ3) is 6.40. The van der Waals surface area contributed by atoms with Crippen molar-refractivity contribution in [1.82, 2.24) is 4.90 Å². The minimum atomic E-state index is 0. The summed E-state index contributed by atoms with van der Waals surface area (Å²) in [4.78, 5) is 14.9. The van der Waals surface area contributed by atoms with E-state index >= 15 is 0 Å². The van der Waals surface area contributed by atoms with Gasteiger partial charge in [0.1, 0.15) is 0 Å². The van der Waals surface area contributed by atoms with E-state index in [1.807, 2.05) is 36.4 Å². The first-order valence-electron chi connectivity index (χ1n) is 9.49. The van der Waals surface area contributed by atoms with Crippen LogP contribution in [0, 0.1) is 5.92 Å². The van der Waals surface area contributed by atoms with Gasteiger partial charge in [0.05, 0.1) is 0 Å². The quantitative estimate of drug-likeness (QED) is 0.612. The van der Waals surface area contributed by atoms with Gasteiger partial charge in [-0.05, 0) is 54.1 Å². The van der Waals surface area contributed by atoms with Crippen molar-refractivity contribution in [3.05, 3.63) is 59.2 Å². The Morgan fingerprint density at radius 3 is 2.57 bits per heavy atom. The number of hydrogen-bond donors (Lipinski definition) is 2. The van der Waals surface area contributed by atoms with Crippen LogP contribution in [0.4, 0.5) is 11.4 Å². The monoisotopic (exact) mass is 423 g/mol. The zero-order valence-electron chi connectivity index (χ0n) is 16.6. The molecule has 0 aliphatic carbocycles. The Hall–Kier alpha value is -1.75. The van der Waals surface area contributed by atoms with Gasteiger partial charge >= 0.3 is 0 Å². The van der Waals surface area contributed by atoms with Crippen LogP contribution in [0.15, 0.2) is 42.5 Å². The van der Waals surface area contributed by atoms with Crippen molar-refractivity contribution in [3.8, 4) is 0 Å². The van der Waals surface area contributed by atoms with Crippen molar-refractivity contribution in [2.24, 2.45) is 5.92 Å². The van der Waals surface area contributed by atoms with E-state index in [1.165, 1.54) is 17.5 Å². The number of para-hydroxylation sites is 1. The average Bonchev–Trinajstić information content (AvgIpc) is 3.03. The number of aryl methyl sites for hydroxylation is 1. The molecule has 0 unspecified atom stereocenters. The van der Waals surface area contributed by atoms with Crippen LogP contribution < -0.4 is 11.1 Å². The molecule has 1 aliphatic rings. The Labute approximate surface area is 180 Å². The summed E-state index contributed by atoms with van der Waals surface area (Å²) in [6, 6.07) is 14.0. The van der Waals surface area contributed by atoms with Crippen LogP contribution in [-0.4, -0.2) is 17.4 Å². The Morgan fingerprint density at radius 1 is 1.11 bits per heavy atom. The van der Waals surface area contributed by atoms with Crippen LogP contribution in [0.3, 0.4) is 0 Å². The molecule has 1 heterocycles. The number of nitrogens with two attached hydrogens (primary N) is 1. The molecule has 0 atom stereocenters. The fourth-order valence-corrected chi connectivity index (χ4v) is 3.43. The van der Waals surface area contributed by atoms with E-state index in [4.69, 9.17) is 5.73 Å². The van der Waals surface area contributed by atoms with Crippen molar-refractivity contribution in [3.63, 3.8) is 0 Å². The summed E-state index contributed by atoms with van der Waals surface area (Å²) in [5, 5.41) is 3.11. The molecule has 0 aromatic heterocycles. The molecule has 1 aliphatic heterocycles. The molecular formula is C22H31Cl2N3O. The summed E-state index contributed by atoms with van der Waals surface area (Å²) >= 11 is 0. The summed E-state index contributed by atoms with van der Waals surface area (Å²) in [7, 11) is 0. The predicted octanol–water partition coefficient (Wildman–Crippen LogP) is 5.05. The molecule has 3 N–H and O–H groups in total. The number of halogens is 2. The molecule has 1 amide bonds. The van der Waals surface area contributed by atoms with Gasteiger partial charge in [0.2, 0.25) is 5.91 Å². The number of nitrogen functional groups attached to an aromatic ring is 1. The second-order valence-electron chi connectivity index (χ2n) is 7.58. The van der Waals surface area contributed by atoms with E-state index in [0.29, 0.717) is 18.8 Å². The van der Waals surface area contributed by atoms with E-state index < -0.39 is 0 Å². The highest BCUT2D eigenvalue weighted by Gasteiger charge is 2.22. The predicted molar refractivity (Wildman–Crippen MR) is 122 cm³/mol. The molecule has 0 spiro atoms. The Kier molecular flexibility index (Phi) is 9.80. The second kappa shape index (κ2) is 11.3. The maximum Gasteiger partial charge on any atom is 0.224 e. The third-order valence-corrected chi connectivity index (χ3v) is 5.02. The highest BCUT2D eigenvalue weighted by Crippen LogP contribution is 2.30. The SMILES string of the molecule is CC(C)CCN1Cc2cccc(NC(=O)CCc3ccccc3N)c2C1.Cl.Cl. The maximum atomic E-state index is 12.4. The number of nitrogens with one attached hydrogen (secondary N) is 1. The normalized spacial score (nSPS) is 12.8. The summed E-state index contributed by atoms with van der Waals surface area (Å²) in [5.41, 5.74) is 11.3. The van der Waals surface area contributed by atoms with Crippen molar-refractivity contribution < 1.29 is 4.79 Å². The fraction of sp³-hybridized carbons (Fsp3) is 0.409. The van der Waals surface area contributed by atoms with E-state index in [-0.39, 0.29) is 30.7 Å². The third-order valence-electron chi connectivity index (χ3n) is 5.02. The average molecular weight is 424 g/mol. The lowest BCUT2D eigenvalue weighted by molar-refractivity contribution is -0.116. The molecule has 2 aromatic carbocycles. The highest BCUT2D eigenvalue weighted by atomic mass is 35.5. The molecule has 3 rings (SSSR count). The van der Waals surface area contributed by atoms with Crippen LogP contribution >= 0.6 is 24.8 Å². The molecule has 6 heteroatoms. The molecule has 154 valence electrons. The van der Waals surface area contributed by atoms with Crippen LogP contribution in [0.2, 0.25) is 0 Å². The van der Waals surface area contributed by atoms with E-state index in [1.54, 1.807) is 0 Å². The zero-order valence-corrected chi connectivity index (χ0v) is 18.2. The first kappa shape index (κ1) is 24.3. The van der Waals surface area contributed by atoms with Gasteiger partial charge in [0.25, 0.3) is 0 Å². The smallest absolute Gasteiger partial charge is 0.224 e. The van der Waals surface area contributed by atoms with Crippen molar-refractivity contribution >= 4 is 42.1 Å². The standard InChI is InChI=1S/C22H29N3O.2ClH/c1-16(2)12-13-25-14-18-7-5-9-21(19(18)15-25)24-22(26)11-10-17-6-3-4-8-20(17)23;;/h3-9,16H,10-15,23H2,1-2H3,(H,24,26);2*1H. The lowest BCUT2D eigenvalue weighted by Gasteiger charge is -2.16. The Bertz CT molecular complexity index is 780. The van der Waals surface area contributed by atoms with Crippen molar-refractivity contribution in [2.45, 2.75) is 46.2 Å². The van der Waals surface area contributed by atoms with Gasteiger partial charge in [-0.15, -0.1) is 24.8 Å².